The number of carbonyl (C=O) groups is 1. The van der Waals surface area contributed by atoms with E-state index in [9.17, 15) is 38.6 Å². The van der Waals surface area contributed by atoms with Gasteiger partial charge in [-0.05, 0) is 32.3 Å². The van der Waals surface area contributed by atoms with Gasteiger partial charge in [-0.3, -0.25) is 9.13 Å². The largest absolute Gasteiger partial charge is 0.507 e. The Labute approximate surface area is 161 Å². The van der Waals surface area contributed by atoms with Crippen molar-refractivity contribution in [3.8, 4) is 11.5 Å². The summed E-state index contributed by atoms with van der Waals surface area (Å²) in [5.41, 5.74) is 1.74. The van der Waals surface area contributed by atoms with E-state index in [1.165, 1.54) is 20.1 Å². The van der Waals surface area contributed by atoms with Crippen molar-refractivity contribution >= 4 is 21.2 Å². The summed E-state index contributed by atoms with van der Waals surface area (Å²) in [6, 6.07) is 0. The number of phenols is 1. The molecule has 0 saturated heterocycles. The molecule has 0 saturated carbocycles. The SMILES string of the molecule is COc1c(C)c2c(c(O)c1CC=C(C)CC(P(=O)(O)O)P(=O)(O)O)C(=O)OC2. The summed E-state index contributed by atoms with van der Waals surface area (Å²) in [7, 11) is -8.68. The van der Waals surface area contributed by atoms with Crippen LogP contribution in [0, 0.1) is 6.92 Å². The van der Waals surface area contributed by atoms with Crippen molar-refractivity contribution in [3.63, 3.8) is 0 Å². The third kappa shape index (κ3) is 4.49. The van der Waals surface area contributed by atoms with Crippen LogP contribution < -0.4 is 4.74 Å². The molecule has 156 valence electrons. The Morgan fingerprint density at radius 2 is 1.82 bits per heavy atom. The van der Waals surface area contributed by atoms with Gasteiger partial charge >= 0.3 is 21.2 Å². The van der Waals surface area contributed by atoms with E-state index in [1.807, 2.05) is 0 Å². The van der Waals surface area contributed by atoms with Gasteiger partial charge in [0.2, 0.25) is 0 Å². The van der Waals surface area contributed by atoms with E-state index in [1.54, 1.807) is 6.92 Å². The molecule has 1 heterocycles. The number of ether oxygens (including phenoxy) is 2. The third-order valence-corrected chi connectivity index (χ3v) is 8.31. The van der Waals surface area contributed by atoms with Gasteiger partial charge in [0.05, 0.1) is 7.11 Å². The Morgan fingerprint density at radius 3 is 2.32 bits per heavy atom. The van der Waals surface area contributed by atoms with Gasteiger partial charge in [-0.2, -0.15) is 0 Å². The first kappa shape index (κ1) is 22.6. The standard InChI is InChI=1S/C16H22O10P2/c1-8(6-12(27(19,20)21)28(22,23)24)4-5-10-14(17)13-11(7-26-16(13)18)9(2)15(10)25-3/h4,12,17H,5-7H2,1-3H3,(H2,19,20,21)(H2,22,23,24). The molecule has 10 nitrogen and oxygen atoms in total. The lowest BCUT2D eigenvalue weighted by molar-refractivity contribution is 0.0532. The molecule has 0 aromatic heterocycles. The number of phenolic OH excluding ortho intramolecular Hbond substituents is 1. The van der Waals surface area contributed by atoms with Crippen molar-refractivity contribution in [1.82, 2.24) is 0 Å². The number of benzene rings is 1. The highest BCUT2D eigenvalue weighted by Gasteiger charge is 2.43. The van der Waals surface area contributed by atoms with E-state index < -0.39 is 33.0 Å². The lowest BCUT2D eigenvalue weighted by Gasteiger charge is -2.20. The van der Waals surface area contributed by atoms with E-state index in [2.05, 4.69) is 0 Å². The van der Waals surface area contributed by atoms with E-state index in [0.29, 0.717) is 22.4 Å². The van der Waals surface area contributed by atoms with Crippen LogP contribution in [0.5, 0.6) is 11.5 Å². The second-order valence-corrected chi connectivity index (χ2v) is 10.5. The van der Waals surface area contributed by atoms with Gasteiger partial charge in [0.15, 0.2) is 5.40 Å². The quantitative estimate of drug-likeness (QED) is 0.242. The predicted molar refractivity (Wildman–Crippen MR) is 98.5 cm³/mol. The van der Waals surface area contributed by atoms with Crippen molar-refractivity contribution in [2.24, 2.45) is 0 Å². The lowest BCUT2D eigenvalue weighted by atomic mass is 9.95. The van der Waals surface area contributed by atoms with Gasteiger partial charge in [0.1, 0.15) is 23.7 Å². The molecule has 1 aromatic rings. The highest BCUT2D eigenvalue weighted by Crippen LogP contribution is 2.62. The molecule has 1 aliphatic heterocycles. The van der Waals surface area contributed by atoms with Crippen LogP contribution in [-0.4, -0.2) is 43.2 Å². The zero-order chi connectivity index (χ0) is 21.4. The Hall–Kier alpha value is -1.67. The number of fused-ring (bicyclic) bond motifs is 1. The summed E-state index contributed by atoms with van der Waals surface area (Å²) < 4.78 is 33.1. The zero-order valence-electron chi connectivity index (χ0n) is 15.4. The number of rotatable bonds is 7. The van der Waals surface area contributed by atoms with Gasteiger partial charge < -0.3 is 34.2 Å². The molecule has 1 aromatic carbocycles. The fourth-order valence-corrected chi connectivity index (χ4v) is 5.73. The Bertz CT molecular complexity index is 902. The number of hydrogen-bond donors (Lipinski definition) is 5. The molecular weight excluding hydrogens is 414 g/mol. The molecule has 0 bridgehead atoms. The highest BCUT2D eigenvalue weighted by atomic mass is 31.2. The van der Waals surface area contributed by atoms with Crippen molar-refractivity contribution in [1.29, 1.82) is 0 Å². The number of hydrogen-bond acceptors (Lipinski definition) is 6. The van der Waals surface area contributed by atoms with Crippen LogP contribution >= 0.6 is 15.2 Å². The molecule has 0 spiro atoms. The van der Waals surface area contributed by atoms with Crippen LogP contribution in [0.2, 0.25) is 0 Å². The van der Waals surface area contributed by atoms with Gasteiger partial charge in [-0.25, -0.2) is 4.79 Å². The van der Waals surface area contributed by atoms with Gasteiger partial charge in [0, 0.05) is 11.1 Å². The molecule has 28 heavy (non-hydrogen) atoms. The second kappa shape index (κ2) is 7.99. The number of esters is 1. The van der Waals surface area contributed by atoms with Gasteiger partial charge in [-0.1, -0.05) is 11.6 Å². The topological polar surface area (TPSA) is 171 Å². The highest BCUT2D eigenvalue weighted by molar-refractivity contribution is 7.70. The maximum atomic E-state index is 11.9. The van der Waals surface area contributed by atoms with Crippen LogP contribution in [-0.2, 0) is 26.9 Å². The van der Waals surface area contributed by atoms with Crippen molar-refractivity contribution in [2.75, 3.05) is 7.11 Å². The number of allylic oxidation sites excluding steroid dienone is 2. The van der Waals surface area contributed by atoms with Crippen LogP contribution in [0.1, 0.15) is 40.4 Å². The first-order chi connectivity index (χ1) is 12.8. The summed E-state index contributed by atoms with van der Waals surface area (Å²) in [5, 5.41) is 8.36. The molecule has 0 amide bonds. The molecule has 0 unspecified atom stereocenters. The molecule has 0 aliphatic carbocycles. The zero-order valence-corrected chi connectivity index (χ0v) is 17.2. The summed E-state index contributed by atoms with van der Waals surface area (Å²) in [4.78, 5) is 48.8. The third-order valence-electron chi connectivity index (χ3n) is 4.58. The fraction of sp³-hybridized carbons (Fsp3) is 0.438. The van der Waals surface area contributed by atoms with Gasteiger partial charge in [-0.15, -0.1) is 0 Å². The molecule has 0 radical (unpaired) electrons. The minimum absolute atomic E-state index is 0.0112. The van der Waals surface area contributed by atoms with Crippen LogP contribution in [0.4, 0.5) is 0 Å². The molecule has 0 atom stereocenters. The van der Waals surface area contributed by atoms with Gasteiger partial charge in [0.25, 0.3) is 0 Å². The average Bonchev–Trinajstić information content (AvgIpc) is 2.94. The summed E-state index contributed by atoms with van der Waals surface area (Å²) in [6.45, 7) is 3.18. The Balaban J connectivity index is 2.39. The smallest absolute Gasteiger partial charge is 0.342 e. The Morgan fingerprint density at radius 1 is 1.25 bits per heavy atom. The minimum atomic E-state index is -5.04. The lowest BCUT2D eigenvalue weighted by Crippen LogP contribution is -2.10. The summed E-state index contributed by atoms with van der Waals surface area (Å²) >= 11 is 0. The minimum Gasteiger partial charge on any atom is -0.507 e. The molecular formula is C16H22O10P2. The maximum Gasteiger partial charge on any atom is 0.342 e. The molecule has 1 aliphatic rings. The van der Waals surface area contributed by atoms with E-state index in [4.69, 9.17) is 9.47 Å². The first-order valence-corrected chi connectivity index (χ1v) is 11.5. The number of aromatic hydroxyl groups is 1. The molecule has 2 rings (SSSR count). The Kier molecular flexibility index (Phi) is 6.45. The number of cyclic esters (lactones) is 1. The van der Waals surface area contributed by atoms with Crippen molar-refractivity contribution in [2.45, 2.75) is 38.7 Å². The monoisotopic (exact) mass is 436 g/mol. The molecule has 0 fully saturated rings. The number of methoxy groups -OCH3 is 1. The predicted octanol–water partition coefficient (Wildman–Crippen LogP) is 1.94. The van der Waals surface area contributed by atoms with Crippen molar-refractivity contribution < 1.29 is 48.1 Å². The second-order valence-electron chi connectivity index (χ2n) is 6.53. The van der Waals surface area contributed by atoms with E-state index >= 15 is 0 Å². The molecule has 12 heteroatoms. The summed E-state index contributed by atoms with van der Waals surface area (Å²) in [6.07, 6.45) is 0.933. The van der Waals surface area contributed by atoms with E-state index in [-0.39, 0.29) is 29.9 Å². The summed E-state index contributed by atoms with van der Waals surface area (Å²) in [5.74, 6) is -0.645. The van der Waals surface area contributed by atoms with Crippen LogP contribution in [0.15, 0.2) is 11.6 Å². The van der Waals surface area contributed by atoms with Crippen LogP contribution in [0.3, 0.4) is 0 Å². The molecule has 5 N–H and O–H groups in total. The maximum absolute atomic E-state index is 11.9. The van der Waals surface area contributed by atoms with Crippen molar-refractivity contribution in [3.05, 3.63) is 33.9 Å². The fourth-order valence-electron chi connectivity index (χ4n) is 3.11. The van der Waals surface area contributed by atoms with Crippen LogP contribution in [0.25, 0.3) is 0 Å². The normalized spacial score (nSPS) is 15.0. The average molecular weight is 436 g/mol. The van der Waals surface area contributed by atoms with E-state index in [0.717, 1.165) is 0 Å². The first-order valence-electron chi connectivity index (χ1n) is 8.13. The number of carbonyl (C=O) groups excluding carboxylic acids is 1.